The van der Waals surface area contributed by atoms with E-state index in [0.717, 1.165) is 12.1 Å². The predicted octanol–water partition coefficient (Wildman–Crippen LogP) is 4.14. The Bertz CT molecular complexity index is 631. The molecule has 2 aromatic rings. The van der Waals surface area contributed by atoms with Crippen molar-refractivity contribution < 1.29 is 22.7 Å². The molecule has 0 saturated carbocycles. The highest BCUT2D eigenvalue weighted by Crippen LogP contribution is 2.29. The summed E-state index contributed by atoms with van der Waals surface area (Å²) in [5.74, 6) is 0.377. The van der Waals surface area contributed by atoms with E-state index in [1.54, 1.807) is 24.3 Å². The van der Waals surface area contributed by atoms with E-state index in [-0.39, 0.29) is 12.2 Å². The molecule has 0 spiro atoms. The summed E-state index contributed by atoms with van der Waals surface area (Å²) in [6, 6.07) is 11.3. The summed E-state index contributed by atoms with van der Waals surface area (Å²) in [5, 5.41) is 0. The van der Waals surface area contributed by atoms with Crippen LogP contribution in [0.5, 0.6) is 5.75 Å². The summed E-state index contributed by atoms with van der Waals surface area (Å²) >= 11 is 0. The minimum atomic E-state index is -4.40. The van der Waals surface area contributed by atoms with Crippen LogP contribution in [0, 0.1) is 0 Å². The van der Waals surface area contributed by atoms with Crippen molar-refractivity contribution in [2.24, 2.45) is 0 Å². The van der Waals surface area contributed by atoms with Crippen LogP contribution in [0.1, 0.15) is 21.5 Å². The van der Waals surface area contributed by atoms with Crippen LogP contribution in [0.25, 0.3) is 0 Å². The van der Waals surface area contributed by atoms with Crippen molar-refractivity contribution in [3.8, 4) is 5.75 Å². The second-order valence-corrected chi connectivity index (χ2v) is 4.53. The van der Waals surface area contributed by atoms with Crippen molar-refractivity contribution in [1.82, 2.24) is 0 Å². The topological polar surface area (TPSA) is 26.3 Å². The largest absolute Gasteiger partial charge is 0.497 e. The van der Waals surface area contributed by atoms with Gasteiger partial charge in [-0.2, -0.15) is 13.2 Å². The molecule has 0 atom stereocenters. The average molecular weight is 294 g/mol. The van der Waals surface area contributed by atoms with Gasteiger partial charge in [-0.25, -0.2) is 0 Å². The highest BCUT2D eigenvalue weighted by atomic mass is 19.4. The van der Waals surface area contributed by atoms with Gasteiger partial charge in [0.15, 0.2) is 5.78 Å². The molecule has 0 saturated heterocycles. The highest BCUT2D eigenvalue weighted by molar-refractivity contribution is 5.97. The van der Waals surface area contributed by atoms with Crippen LogP contribution in [0.4, 0.5) is 13.2 Å². The first-order valence-electron chi connectivity index (χ1n) is 6.23. The molecular formula is C16H13F3O2. The number of carbonyl (C=O) groups excluding carboxylic acids is 1. The maximum atomic E-state index is 12.6. The zero-order chi connectivity index (χ0) is 15.5. The normalized spacial score (nSPS) is 11.2. The van der Waals surface area contributed by atoms with E-state index in [1.807, 2.05) is 0 Å². The molecule has 0 bridgehead atoms. The minimum Gasteiger partial charge on any atom is -0.497 e. The van der Waals surface area contributed by atoms with Crippen molar-refractivity contribution in [2.75, 3.05) is 7.11 Å². The van der Waals surface area contributed by atoms with E-state index in [1.165, 1.54) is 19.2 Å². The third kappa shape index (κ3) is 3.84. The van der Waals surface area contributed by atoms with Crippen molar-refractivity contribution in [1.29, 1.82) is 0 Å². The first kappa shape index (κ1) is 15.1. The second-order valence-electron chi connectivity index (χ2n) is 4.53. The van der Waals surface area contributed by atoms with E-state index in [2.05, 4.69) is 0 Å². The van der Waals surface area contributed by atoms with Crippen molar-refractivity contribution in [2.45, 2.75) is 12.6 Å². The van der Waals surface area contributed by atoms with Crippen molar-refractivity contribution >= 4 is 5.78 Å². The van der Waals surface area contributed by atoms with Crippen molar-refractivity contribution in [3.63, 3.8) is 0 Å². The molecule has 0 amide bonds. The standard InChI is InChI=1S/C16H13F3O2/c1-21-14-7-5-12(6-8-14)15(20)10-11-3-2-4-13(9-11)16(17,18)19/h2-9H,10H2,1H3. The molecule has 2 aromatic carbocycles. The number of benzene rings is 2. The monoisotopic (exact) mass is 294 g/mol. The molecular weight excluding hydrogens is 281 g/mol. The number of alkyl halides is 3. The van der Waals surface area contributed by atoms with Gasteiger partial charge in [-0.05, 0) is 35.9 Å². The first-order chi connectivity index (χ1) is 9.90. The second kappa shape index (κ2) is 5.99. The first-order valence-corrected chi connectivity index (χ1v) is 6.23. The number of Topliss-reactive ketones (excluding diaryl/α,β-unsaturated/α-hetero) is 1. The number of ketones is 1. The van der Waals surface area contributed by atoms with E-state index in [9.17, 15) is 18.0 Å². The summed E-state index contributed by atoms with van der Waals surface area (Å²) in [6.07, 6.45) is -4.48. The van der Waals surface area contributed by atoms with Crippen LogP contribution in [-0.4, -0.2) is 12.9 Å². The van der Waals surface area contributed by atoms with Crippen LogP contribution in [0.15, 0.2) is 48.5 Å². The van der Waals surface area contributed by atoms with Gasteiger partial charge in [-0.15, -0.1) is 0 Å². The third-order valence-electron chi connectivity index (χ3n) is 3.03. The molecule has 110 valence electrons. The summed E-state index contributed by atoms with van der Waals surface area (Å²) in [6.45, 7) is 0. The Labute approximate surface area is 120 Å². The molecule has 0 aliphatic rings. The fraction of sp³-hybridized carbons (Fsp3) is 0.188. The third-order valence-corrected chi connectivity index (χ3v) is 3.03. The Morgan fingerprint density at radius 2 is 1.76 bits per heavy atom. The molecule has 5 heteroatoms. The van der Waals surface area contributed by atoms with E-state index in [4.69, 9.17) is 4.74 Å². The summed E-state index contributed by atoms with van der Waals surface area (Å²) < 4.78 is 42.8. The number of methoxy groups -OCH3 is 1. The lowest BCUT2D eigenvalue weighted by Crippen LogP contribution is -2.08. The number of hydrogen-bond acceptors (Lipinski definition) is 2. The Morgan fingerprint density at radius 3 is 2.33 bits per heavy atom. The van der Waals surface area contributed by atoms with E-state index < -0.39 is 11.7 Å². The lowest BCUT2D eigenvalue weighted by atomic mass is 10.0. The van der Waals surface area contributed by atoms with Gasteiger partial charge in [0.05, 0.1) is 12.7 Å². The minimum absolute atomic E-state index is 0.0732. The van der Waals surface area contributed by atoms with Crippen molar-refractivity contribution in [3.05, 3.63) is 65.2 Å². The maximum absolute atomic E-state index is 12.6. The van der Waals surface area contributed by atoms with Gasteiger partial charge in [-0.1, -0.05) is 18.2 Å². The average Bonchev–Trinajstić information content (AvgIpc) is 2.47. The molecule has 0 radical (unpaired) electrons. The molecule has 0 aliphatic heterocycles. The van der Waals surface area contributed by atoms with Gasteiger partial charge in [0.1, 0.15) is 5.75 Å². The Balaban J connectivity index is 2.15. The van der Waals surface area contributed by atoms with Crippen LogP contribution in [0.2, 0.25) is 0 Å². The Morgan fingerprint density at radius 1 is 1.10 bits per heavy atom. The maximum Gasteiger partial charge on any atom is 0.416 e. The lowest BCUT2D eigenvalue weighted by molar-refractivity contribution is -0.137. The SMILES string of the molecule is COc1ccc(C(=O)Cc2cccc(C(F)(F)F)c2)cc1. The van der Waals surface area contributed by atoms with Crippen LogP contribution < -0.4 is 4.74 Å². The predicted molar refractivity (Wildman–Crippen MR) is 72.5 cm³/mol. The summed E-state index contributed by atoms with van der Waals surface area (Å²) in [5.41, 5.74) is 0.0291. The van der Waals surface area contributed by atoms with Gasteiger partial charge >= 0.3 is 6.18 Å². The molecule has 2 nitrogen and oxygen atoms in total. The Kier molecular flexibility index (Phi) is 4.31. The number of halogens is 3. The molecule has 0 N–H and O–H groups in total. The highest BCUT2D eigenvalue weighted by Gasteiger charge is 2.30. The zero-order valence-electron chi connectivity index (χ0n) is 11.3. The summed E-state index contributed by atoms with van der Waals surface area (Å²) in [4.78, 5) is 12.1. The van der Waals surface area contributed by atoms with Gasteiger partial charge in [-0.3, -0.25) is 4.79 Å². The Hall–Kier alpha value is -2.30. The molecule has 0 unspecified atom stereocenters. The molecule has 0 heterocycles. The fourth-order valence-electron chi connectivity index (χ4n) is 1.92. The number of hydrogen-bond donors (Lipinski definition) is 0. The molecule has 2 rings (SSSR count). The quantitative estimate of drug-likeness (QED) is 0.792. The number of rotatable bonds is 4. The molecule has 21 heavy (non-hydrogen) atoms. The smallest absolute Gasteiger partial charge is 0.416 e. The van der Waals surface area contributed by atoms with Gasteiger partial charge in [0.25, 0.3) is 0 Å². The van der Waals surface area contributed by atoms with Crippen LogP contribution >= 0.6 is 0 Å². The van der Waals surface area contributed by atoms with Gasteiger partial charge in [0.2, 0.25) is 0 Å². The van der Waals surface area contributed by atoms with Gasteiger partial charge in [0, 0.05) is 12.0 Å². The van der Waals surface area contributed by atoms with E-state index >= 15 is 0 Å². The van der Waals surface area contributed by atoms with Crippen LogP contribution in [-0.2, 0) is 12.6 Å². The van der Waals surface area contributed by atoms with E-state index in [0.29, 0.717) is 16.9 Å². The molecule has 0 aromatic heterocycles. The summed E-state index contributed by atoms with van der Waals surface area (Å²) in [7, 11) is 1.51. The number of ether oxygens (including phenoxy) is 1. The molecule has 0 fully saturated rings. The number of carbonyl (C=O) groups is 1. The van der Waals surface area contributed by atoms with Crippen LogP contribution in [0.3, 0.4) is 0 Å². The molecule has 0 aliphatic carbocycles. The lowest BCUT2D eigenvalue weighted by Gasteiger charge is -2.08. The zero-order valence-corrected chi connectivity index (χ0v) is 11.3. The fourth-order valence-corrected chi connectivity index (χ4v) is 1.92. The van der Waals surface area contributed by atoms with Gasteiger partial charge < -0.3 is 4.74 Å².